The van der Waals surface area contributed by atoms with Crippen LogP contribution in [-0.2, 0) is 17.6 Å². The van der Waals surface area contributed by atoms with Crippen LogP contribution in [0.1, 0.15) is 11.1 Å². The minimum absolute atomic E-state index is 0.114. The highest BCUT2D eigenvalue weighted by Crippen LogP contribution is 2.33. The Kier molecular flexibility index (Phi) is 2.95. The molecule has 0 radical (unpaired) electrons. The molecule has 19 heavy (non-hydrogen) atoms. The number of nitrogens with two attached hydrogens (primary N) is 1. The van der Waals surface area contributed by atoms with Crippen molar-refractivity contribution in [1.82, 2.24) is 0 Å². The van der Waals surface area contributed by atoms with Gasteiger partial charge in [0.15, 0.2) is 0 Å². The zero-order chi connectivity index (χ0) is 13.2. The normalized spacial score (nSPS) is 13.4. The predicted molar refractivity (Wildman–Crippen MR) is 77.1 cm³/mol. The van der Waals surface area contributed by atoms with Crippen LogP contribution in [0, 0.1) is 0 Å². The molecule has 3 rings (SSSR count). The molecule has 2 aromatic rings. The number of nitrogens with zero attached hydrogens (tertiary/aromatic N) is 1. The van der Waals surface area contributed by atoms with E-state index in [4.69, 9.17) is 5.73 Å². The number of hydrogen-bond donors (Lipinski definition) is 1. The van der Waals surface area contributed by atoms with Crippen molar-refractivity contribution in [2.24, 2.45) is 0 Å². The number of benzene rings is 2. The van der Waals surface area contributed by atoms with Crippen molar-refractivity contribution in [3.63, 3.8) is 0 Å². The van der Waals surface area contributed by atoms with Gasteiger partial charge in [-0.05, 0) is 23.6 Å². The molecule has 0 saturated heterocycles. The number of carbonyl (C=O) groups is 1. The Morgan fingerprint density at radius 3 is 2.68 bits per heavy atom. The summed E-state index contributed by atoms with van der Waals surface area (Å²) in [6, 6.07) is 15.7. The first-order valence-corrected chi connectivity index (χ1v) is 6.47. The van der Waals surface area contributed by atoms with Crippen LogP contribution in [-0.4, -0.2) is 12.5 Å². The largest absolute Gasteiger partial charge is 0.397 e. The van der Waals surface area contributed by atoms with Gasteiger partial charge >= 0.3 is 0 Å². The SMILES string of the molecule is Nc1cccc2c1N(C(=O)Cc1ccccc1)CC2. The molecule has 2 aromatic carbocycles. The summed E-state index contributed by atoms with van der Waals surface area (Å²) in [5.41, 5.74) is 9.80. The van der Waals surface area contributed by atoms with Crippen LogP contribution in [0.4, 0.5) is 11.4 Å². The minimum Gasteiger partial charge on any atom is -0.397 e. The van der Waals surface area contributed by atoms with E-state index in [0.29, 0.717) is 12.1 Å². The summed E-state index contributed by atoms with van der Waals surface area (Å²) in [7, 11) is 0. The van der Waals surface area contributed by atoms with Crippen LogP contribution in [0.5, 0.6) is 0 Å². The highest BCUT2D eigenvalue weighted by atomic mass is 16.2. The molecule has 0 saturated carbocycles. The molecule has 0 fully saturated rings. The molecule has 96 valence electrons. The molecule has 0 aliphatic carbocycles. The number of carbonyl (C=O) groups excluding carboxylic acids is 1. The van der Waals surface area contributed by atoms with E-state index >= 15 is 0 Å². The summed E-state index contributed by atoms with van der Waals surface area (Å²) >= 11 is 0. The third kappa shape index (κ3) is 2.19. The molecular formula is C16H16N2O. The van der Waals surface area contributed by atoms with Gasteiger partial charge in [-0.2, -0.15) is 0 Å². The number of nitrogen functional groups attached to an aromatic ring is 1. The smallest absolute Gasteiger partial charge is 0.231 e. The van der Waals surface area contributed by atoms with Gasteiger partial charge in [-0.3, -0.25) is 4.79 Å². The van der Waals surface area contributed by atoms with Gasteiger partial charge in [0.05, 0.1) is 17.8 Å². The van der Waals surface area contributed by atoms with Crippen LogP contribution in [0.3, 0.4) is 0 Å². The zero-order valence-corrected chi connectivity index (χ0v) is 10.7. The Hall–Kier alpha value is -2.29. The molecule has 1 aliphatic heterocycles. The van der Waals surface area contributed by atoms with E-state index < -0.39 is 0 Å². The van der Waals surface area contributed by atoms with Gasteiger partial charge in [-0.1, -0.05) is 42.5 Å². The molecule has 0 spiro atoms. The number of para-hydroxylation sites is 1. The second kappa shape index (κ2) is 4.76. The van der Waals surface area contributed by atoms with E-state index in [1.54, 1.807) is 0 Å². The number of anilines is 2. The van der Waals surface area contributed by atoms with E-state index in [0.717, 1.165) is 24.2 Å². The van der Waals surface area contributed by atoms with Gasteiger partial charge in [0, 0.05) is 6.54 Å². The molecular weight excluding hydrogens is 236 g/mol. The molecule has 3 nitrogen and oxygen atoms in total. The van der Waals surface area contributed by atoms with Crippen molar-refractivity contribution in [2.45, 2.75) is 12.8 Å². The summed E-state index contributed by atoms with van der Waals surface area (Å²) in [4.78, 5) is 14.2. The van der Waals surface area contributed by atoms with E-state index in [2.05, 4.69) is 0 Å². The molecule has 1 heterocycles. The lowest BCUT2D eigenvalue weighted by molar-refractivity contribution is -0.117. The Balaban J connectivity index is 1.84. The van der Waals surface area contributed by atoms with Crippen molar-refractivity contribution < 1.29 is 4.79 Å². The maximum absolute atomic E-state index is 12.4. The first kappa shape index (κ1) is 11.8. The van der Waals surface area contributed by atoms with Gasteiger partial charge in [0.2, 0.25) is 5.91 Å². The van der Waals surface area contributed by atoms with Crippen molar-refractivity contribution in [3.05, 3.63) is 59.7 Å². The Morgan fingerprint density at radius 1 is 1.11 bits per heavy atom. The molecule has 1 aliphatic rings. The first-order valence-electron chi connectivity index (χ1n) is 6.47. The van der Waals surface area contributed by atoms with Crippen LogP contribution in [0.25, 0.3) is 0 Å². The van der Waals surface area contributed by atoms with E-state index in [9.17, 15) is 4.79 Å². The fourth-order valence-corrected chi connectivity index (χ4v) is 2.60. The van der Waals surface area contributed by atoms with Crippen LogP contribution >= 0.6 is 0 Å². The molecule has 3 heteroatoms. The molecule has 0 bridgehead atoms. The average molecular weight is 252 g/mol. The second-order valence-corrected chi connectivity index (χ2v) is 4.81. The topological polar surface area (TPSA) is 46.3 Å². The van der Waals surface area contributed by atoms with Crippen molar-refractivity contribution >= 4 is 17.3 Å². The fourth-order valence-electron chi connectivity index (χ4n) is 2.60. The molecule has 1 amide bonds. The lowest BCUT2D eigenvalue weighted by Gasteiger charge is -2.19. The minimum atomic E-state index is 0.114. The van der Waals surface area contributed by atoms with Gasteiger partial charge in [0.1, 0.15) is 0 Å². The zero-order valence-electron chi connectivity index (χ0n) is 10.7. The van der Waals surface area contributed by atoms with Crippen LogP contribution in [0.2, 0.25) is 0 Å². The summed E-state index contributed by atoms with van der Waals surface area (Å²) in [5.74, 6) is 0.114. The highest BCUT2D eigenvalue weighted by molar-refractivity contribution is 5.99. The average Bonchev–Trinajstić information content (AvgIpc) is 2.85. The third-order valence-electron chi connectivity index (χ3n) is 3.52. The number of hydrogen-bond acceptors (Lipinski definition) is 2. The van der Waals surface area contributed by atoms with E-state index in [-0.39, 0.29) is 5.91 Å². The maximum atomic E-state index is 12.4. The van der Waals surface area contributed by atoms with Crippen molar-refractivity contribution in [2.75, 3.05) is 17.2 Å². The number of rotatable bonds is 2. The van der Waals surface area contributed by atoms with E-state index in [1.165, 1.54) is 5.56 Å². The first-order chi connectivity index (χ1) is 9.25. The fraction of sp³-hybridized carbons (Fsp3) is 0.188. The van der Waals surface area contributed by atoms with Crippen molar-refractivity contribution in [1.29, 1.82) is 0 Å². The highest BCUT2D eigenvalue weighted by Gasteiger charge is 2.26. The molecule has 0 atom stereocenters. The van der Waals surface area contributed by atoms with Gasteiger partial charge < -0.3 is 10.6 Å². The Labute approximate surface area is 112 Å². The van der Waals surface area contributed by atoms with Gasteiger partial charge in [0.25, 0.3) is 0 Å². The number of amides is 1. The second-order valence-electron chi connectivity index (χ2n) is 4.81. The third-order valence-corrected chi connectivity index (χ3v) is 3.52. The lowest BCUT2D eigenvalue weighted by atomic mass is 10.1. The van der Waals surface area contributed by atoms with Crippen LogP contribution < -0.4 is 10.6 Å². The summed E-state index contributed by atoms with van der Waals surface area (Å²) in [6.45, 7) is 0.731. The number of fused-ring (bicyclic) bond motifs is 1. The summed E-state index contributed by atoms with van der Waals surface area (Å²) < 4.78 is 0. The van der Waals surface area contributed by atoms with Crippen molar-refractivity contribution in [3.8, 4) is 0 Å². The van der Waals surface area contributed by atoms with Crippen LogP contribution in [0.15, 0.2) is 48.5 Å². The lowest BCUT2D eigenvalue weighted by Crippen LogP contribution is -2.30. The Morgan fingerprint density at radius 2 is 1.89 bits per heavy atom. The Bertz CT molecular complexity index is 607. The van der Waals surface area contributed by atoms with E-state index in [1.807, 2.05) is 53.4 Å². The summed E-state index contributed by atoms with van der Waals surface area (Å²) in [5, 5.41) is 0. The van der Waals surface area contributed by atoms with Gasteiger partial charge in [-0.25, -0.2) is 0 Å². The van der Waals surface area contributed by atoms with Gasteiger partial charge in [-0.15, -0.1) is 0 Å². The molecule has 2 N–H and O–H groups in total. The summed E-state index contributed by atoms with van der Waals surface area (Å²) in [6.07, 6.45) is 1.31. The molecule has 0 unspecified atom stereocenters. The molecule has 0 aromatic heterocycles. The maximum Gasteiger partial charge on any atom is 0.231 e. The predicted octanol–water partition coefficient (Wildman–Crippen LogP) is 2.40. The monoisotopic (exact) mass is 252 g/mol. The quantitative estimate of drug-likeness (QED) is 0.834. The standard InChI is InChI=1S/C16H16N2O/c17-14-8-4-7-13-9-10-18(16(13)14)15(19)11-12-5-2-1-3-6-12/h1-8H,9-11,17H2.